The highest BCUT2D eigenvalue weighted by Gasteiger charge is 2.15. The minimum Gasteiger partial charge on any atom is -0.339 e. The number of hydrogen-bond acceptors (Lipinski definition) is 5. The van der Waals surface area contributed by atoms with Crippen molar-refractivity contribution in [2.45, 2.75) is 19.6 Å². The molecule has 5 nitrogen and oxygen atoms in total. The first-order valence-corrected chi connectivity index (χ1v) is 11.2. The Balaban J connectivity index is 1.58. The summed E-state index contributed by atoms with van der Waals surface area (Å²) in [4.78, 5) is 31.2. The van der Waals surface area contributed by atoms with Crippen molar-refractivity contribution >= 4 is 51.1 Å². The molecule has 0 aliphatic carbocycles. The van der Waals surface area contributed by atoms with Crippen molar-refractivity contribution in [2.75, 3.05) is 24.2 Å². The molecule has 2 amide bonds. The van der Waals surface area contributed by atoms with Crippen LogP contribution >= 0.6 is 23.5 Å². The van der Waals surface area contributed by atoms with Gasteiger partial charge in [-0.2, -0.15) is 0 Å². The summed E-state index contributed by atoms with van der Waals surface area (Å²) in [6.45, 7) is 5.22. The van der Waals surface area contributed by atoms with Crippen molar-refractivity contribution in [2.24, 2.45) is 4.99 Å². The van der Waals surface area contributed by atoms with Crippen LogP contribution in [-0.4, -0.2) is 39.9 Å². The summed E-state index contributed by atoms with van der Waals surface area (Å²) >= 11 is 3.09. The number of rotatable bonds is 6. The molecule has 0 fully saturated rings. The number of aliphatic imine (C=N–C) groups is 1. The molecule has 1 heterocycles. The summed E-state index contributed by atoms with van der Waals surface area (Å²) in [6, 6.07) is 15.1. The molecule has 28 heavy (non-hydrogen) atoms. The molecule has 2 aromatic rings. The summed E-state index contributed by atoms with van der Waals surface area (Å²) < 4.78 is 0.902. The van der Waals surface area contributed by atoms with Gasteiger partial charge in [0.15, 0.2) is 0 Å². The normalized spacial score (nSPS) is 12.7. The van der Waals surface area contributed by atoms with E-state index in [1.54, 1.807) is 40.9 Å². The van der Waals surface area contributed by atoms with E-state index in [-0.39, 0.29) is 17.6 Å². The summed E-state index contributed by atoms with van der Waals surface area (Å²) in [5.41, 5.74) is 3.41. The first kappa shape index (κ1) is 20.5. The Morgan fingerprint density at radius 2 is 1.93 bits per heavy atom. The van der Waals surface area contributed by atoms with E-state index in [2.05, 4.69) is 16.4 Å². The molecule has 0 saturated heterocycles. The molecule has 1 N–H and O–H groups in total. The maximum atomic E-state index is 12.5. The average molecular weight is 414 g/mol. The Morgan fingerprint density at radius 1 is 1.14 bits per heavy atom. The van der Waals surface area contributed by atoms with Crippen molar-refractivity contribution in [3.05, 3.63) is 59.7 Å². The quantitative estimate of drug-likeness (QED) is 0.741. The lowest BCUT2D eigenvalue weighted by Crippen LogP contribution is -2.30. The summed E-state index contributed by atoms with van der Waals surface area (Å²) in [5.74, 6) is 1.02. The first-order valence-electron chi connectivity index (χ1n) is 9.22. The Morgan fingerprint density at radius 3 is 2.71 bits per heavy atom. The van der Waals surface area contributed by atoms with Crippen LogP contribution in [0.15, 0.2) is 53.5 Å². The molecule has 0 unspecified atom stereocenters. The SMILES string of the molecule is CCN(CC)C(=O)c1cccc(NC(=O)CSC2=Nc3ccccc3CS2)c1. The lowest BCUT2D eigenvalue weighted by Gasteiger charge is -2.19. The first-order chi connectivity index (χ1) is 13.6. The number of amides is 2. The van der Waals surface area contributed by atoms with Gasteiger partial charge < -0.3 is 10.2 Å². The van der Waals surface area contributed by atoms with Crippen LogP contribution in [0.25, 0.3) is 0 Å². The van der Waals surface area contributed by atoms with Gasteiger partial charge in [-0.15, -0.1) is 0 Å². The predicted molar refractivity (Wildman–Crippen MR) is 120 cm³/mol. The highest BCUT2D eigenvalue weighted by Crippen LogP contribution is 2.34. The molecule has 2 aromatic carbocycles. The molecular weight excluding hydrogens is 390 g/mol. The zero-order valence-electron chi connectivity index (χ0n) is 16.0. The summed E-state index contributed by atoms with van der Waals surface area (Å²) in [7, 11) is 0. The van der Waals surface area contributed by atoms with Crippen LogP contribution in [0.2, 0.25) is 0 Å². The van der Waals surface area contributed by atoms with E-state index in [0.717, 1.165) is 15.8 Å². The monoisotopic (exact) mass is 413 g/mol. The number of nitrogens with zero attached hydrogens (tertiary/aromatic N) is 2. The fraction of sp³-hybridized carbons (Fsp3) is 0.286. The molecule has 7 heteroatoms. The Kier molecular flexibility index (Phi) is 7.17. The predicted octanol–water partition coefficient (Wildman–Crippen LogP) is 4.77. The second-order valence-corrected chi connectivity index (χ2v) is 8.38. The van der Waals surface area contributed by atoms with Gasteiger partial charge in [0.2, 0.25) is 5.91 Å². The third-order valence-electron chi connectivity index (χ3n) is 4.33. The molecule has 0 saturated carbocycles. The number of anilines is 1. The standard InChI is InChI=1S/C21H23N3O2S2/c1-3-24(4-2)20(26)15-9-7-10-17(12-15)22-19(25)14-28-21-23-18-11-6-5-8-16(18)13-27-21/h5-12H,3-4,13-14H2,1-2H3,(H,22,25). The molecule has 0 aromatic heterocycles. The fourth-order valence-electron chi connectivity index (χ4n) is 2.83. The smallest absolute Gasteiger partial charge is 0.253 e. The van der Waals surface area contributed by atoms with Gasteiger partial charge in [-0.1, -0.05) is 47.8 Å². The van der Waals surface area contributed by atoms with E-state index >= 15 is 0 Å². The van der Waals surface area contributed by atoms with Crippen molar-refractivity contribution < 1.29 is 9.59 Å². The van der Waals surface area contributed by atoms with Crippen LogP contribution in [0.5, 0.6) is 0 Å². The Hall–Kier alpha value is -2.25. The number of fused-ring (bicyclic) bond motifs is 1. The molecule has 0 radical (unpaired) electrons. The lowest BCUT2D eigenvalue weighted by atomic mass is 10.1. The van der Waals surface area contributed by atoms with Gasteiger partial charge in [-0.25, -0.2) is 4.99 Å². The number of benzene rings is 2. The molecular formula is C21H23N3O2S2. The minimum atomic E-state index is -0.111. The zero-order chi connectivity index (χ0) is 19.9. The second-order valence-electron chi connectivity index (χ2n) is 6.19. The number of para-hydroxylation sites is 1. The largest absolute Gasteiger partial charge is 0.339 e. The third kappa shape index (κ3) is 5.17. The number of carbonyl (C=O) groups excluding carboxylic acids is 2. The zero-order valence-corrected chi connectivity index (χ0v) is 17.6. The van der Waals surface area contributed by atoms with Gasteiger partial charge in [0.25, 0.3) is 5.91 Å². The van der Waals surface area contributed by atoms with Crippen LogP contribution < -0.4 is 5.32 Å². The number of nitrogens with one attached hydrogen (secondary N) is 1. The number of hydrogen-bond donors (Lipinski definition) is 1. The van der Waals surface area contributed by atoms with Crippen molar-refractivity contribution in [3.63, 3.8) is 0 Å². The van der Waals surface area contributed by atoms with Gasteiger partial charge in [-0.05, 0) is 43.7 Å². The van der Waals surface area contributed by atoms with Crippen LogP contribution in [-0.2, 0) is 10.5 Å². The highest BCUT2D eigenvalue weighted by molar-refractivity contribution is 8.38. The number of thioether (sulfide) groups is 2. The molecule has 1 aliphatic rings. The topological polar surface area (TPSA) is 61.8 Å². The van der Waals surface area contributed by atoms with Gasteiger partial charge in [0, 0.05) is 30.1 Å². The second kappa shape index (κ2) is 9.80. The van der Waals surface area contributed by atoms with Gasteiger partial charge >= 0.3 is 0 Å². The minimum absolute atomic E-state index is 0.0258. The van der Waals surface area contributed by atoms with Crippen molar-refractivity contribution in [1.29, 1.82) is 0 Å². The Labute approximate surface area is 174 Å². The number of carbonyl (C=O) groups is 2. The average Bonchev–Trinajstić information content (AvgIpc) is 2.73. The molecule has 0 spiro atoms. The van der Waals surface area contributed by atoms with Crippen molar-refractivity contribution in [1.82, 2.24) is 4.90 Å². The van der Waals surface area contributed by atoms with E-state index in [9.17, 15) is 9.59 Å². The molecule has 3 rings (SSSR count). The molecule has 0 atom stereocenters. The van der Waals surface area contributed by atoms with E-state index in [1.807, 2.05) is 32.0 Å². The molecule has 146 valence electrons. The van der Waals surface area contributed by atoms with Gasteiger partial charge in [-0.3, -0.25) is 9.59 Å². The lowest BCUT2D eigenvalue weighted by molar-refractivity contribution is -0.113. The maximum Gasteiger partial charge on any atom is 0.253 e. The van der Waals surface area contributed by atoms with Crippen LogP contribution in [0.3, 0.4) is 0 Å². The Bertz CT molecular complexity index is 895. The molecule has 0 bridgehead atoms. The van der Waals surface area contributed by atoms with E-state index < -0.39 is 0 Å². The third-order valence-corrected chi connectivity index (χ3v) is 6.57. The highest BCUT2D eigenvalue weighted by atomic mass is 32.2. The summed E-state index contributed by atoms with van der Waals surface area (Å²) in [6.07, 6.45) is 0. The summed E-state index contributed by atoms with van der Waals surface area (Å²) in [5, 5.41) is 2.88. The van der Waals surface area contributed by atoms with Crippen molar-refractivity contribution in [3.8, 4) is 0 Å². The fourth-order valence-corrected chi connectivity index (χ4v) is 4.70. The van der Waals surface area contributed by atoms with Gasteiger partial charge in [0.05, 0.1) is 11.4 Å². The van der Waals surface area contributed by atoms with Gasteiger partial charge in [0.1, 0.15) is 4.38 Å². The van der Waals surface area contributed by atoms with E-state index in [0.29, 0.717) is 24.3 Å². The van der Waals surface area contributed by atoms with Crippen LogP contribution in [0.4, 0.5) is 11.4 Å². The van der Waals surface area contributed by atoms with Crippen LogP contribution in [0, 0.1) is 0 Å². The molecule has 1 aliphatic heterocycles. The van der Waals surface area contributed by atoms with Crippen LogP contribution in [0.1, 0.15) is 29.8 Å². The van der Waals surface area contributed by atoms with E-state index in [4.69, 9.17) is 0 Å². The maximum absolute atomic E-state index is 12.5. The van der Waals surface area contributed by atoms with E-state index in [1.165, 1.54) is 17.3 Å².